The first kappa shape index (κ1) is 13.9. The number of carboxylic acid groups (broad SMARTS) is 1. The molecule has 0 saturated heterocycles. The van der Waals surface area contributed by atoms with Gasteiger partial charge >= 0.3 is 5.97 Å². The van der Waals surface area contributed by atoms with Crippen LogP contribution >= 0.6 is 0 Å². The van der Waals surface area contributed by atoms with E-state index in [0.717, 1.165) is 5.56 Å². The zero-order valence-electron chi connectivity index (χ0n) is 10.7. The van der Waals surface area contributed by atoms with Gasteiger partial charge in [0.15, 0.2) is 9.84 Å². The third kappa shape index (κ3) is 2.45. The van der Waals surface area contributed by atoms with E-state index in [2.05, 4.69) is 0 Å². The summed E-state index contributed by atoms with van der Waals surface area (Å²) in [6.07, 6.45) is 0. The van der Waals surface area contributed by atoms with Crippen LogP contribution in [0.5, 0.6) is 5.75 Å². The molecule has 1 aliphatic rings. The molecule has 1 aromatic rings. The molecule has 19 heavy (non-hydrogen) atoms. The van der Waals surface area contributed by atoms with Gasteiger partial charge in [0.1, 0.15) is 5.75 Å². The second kappa shape index (κ2) is 4.85. The van der Waals surface area contributed by atoms with Crippen LogP contribution in [0.2, 0.25) is 0 Å². The Labute approximate surface area is 112 Å². The predicted octanol–water partition coefficient (Wildman–Crippen LogP) is 1.30. The van der Waals surface area contributed by atoms with Crippen LogP contribution in [0.1, 0.15) is 18.4 Å². The third-order valence-electron chi connectivity index (χ3n) is 3.56. The molecule has 0 spiro atoms. The molecule has 1 N–H and O–H groups in total. The van der Waals surface area contributed by atoms with Crippen LogP contribution in [0.15, 0.2) is 24.3 Å². The Bertz CT molecular complexity index is 576. The fraction of sp³-hybridized carbons (Fsp3) is 0.462. The van der Waals surface area contributed by atoms with Gasteiger partial charge in [0.2, 0.25) is 0 Å². The summed E-state index contributed by atoms with van der Waals surface area (Å²) in [5.41, 5.74) is 0.732. The van der Waals surface area contributed by atoms with Crippen LogP contribution in [-0.2, 0) is 14.6 Å². The molecule has 0 bridgehead atoms. The SMILES string of the molecule is CCS(=O)(=O)[C@H]1[C@@H](C(=O)O)[C@@H]1c1ccc(OC)cc1. The van der Waals surface area contributed by atoms with E-state index in [-0.39, 0.29) is 5.75 Å². The van der Waals surface area contributed by atoms with Gasteiger partial charge in [0.25, 0.3) is 0 Å². The van der Waals surface area contributed by atoms with E-state index < -0.39 is 32.9 Å². The summed E-state index contributed by atoms with van der Waals surface area (Å²) < 4.78 is 28.8. The summed E-state index contributed by atoms with van der Waals surface area (Å²) in [4.78, 5) is 11.2. The van der Waals surface area contributed by atoms with Gasteiger partial charge in [-0.2, -0.15) is 0 Å². The largest absolute Gasteiger partial charge is 0.497 e. The van der Waals surface area contributed by atoms with Crippen molar-refractivity contribution in [3.8, 4) is 5.75 Å². The maximum Gasteiger partial charge on any atom is 0.308 e. The highest BCUT2D eigenvalue weighted by molar-refractivity contribution is 7.92. The fourth-order valence-electron chi connectivity index (χ4n) is 2.44. The Hall–Kier alpha value is -1.56. The summed E-state index contributed by atoms with van der Waals surface area (Å²) in [5, 5.41) is 8.32. The van der Waals surface area contributed by atoms with E-state index in [1.165, 1.54) is 14.0 Å². The van der Waals surface area contributed by atoms with Gasteiger partial charge < -0.3 is 9.84 Å². The first-order valence-corrected chi connectivity index (χ1v) is 7.72. The molecule has 0 aliphatic heterocycles. The van der Waals surface area contributed by atoms with Crippen molar-refractivity contribution in [1.29, 1.82) is 0 Å². The molecule has 0 amide bonds. The second-order valence-corrected chi connectivity index (χ2v) is 7.03. The monoisotopic (exact) mass is 284 g/mol. The molecular formula is C13H16O5S. The average Bonchev–Trinajstić information content (AvgIpc) is 3.15. The normalized spacial score (nSPS) is 25.9. The molecule has 2 rings (SSSR count). The summed E-state index contributed by atoms with van der Waals surface area (Å²) >= 11 is 0. The van der Waals surface area contributed by atoms with Crippen molar-refractivity contribution >= 4 is 15.8 Å². The lowest BCUT2D eigenvalue weighted by molar-refractivity contribution is -0.138. The smallest absolute Gasteiger partial charge is 0.308 e. The first-order chi connectivity index (χ1) is 8.92. The lowest BCUT2D eigenvalue weighted by Gasteiger charge is -2.03. The summed E-state index contributed by atoms with van der Waals surface area (Å²) in [6, 6.07) is 6.87. The highest BCUT2D eigenvalue weighted by Crippen LogP contribution is 2.52. The zero-order valence-corrected chi connectivity index (χ0v) is 11.6. The predicted molar refractivity (Wildman–Crippen MR) is 70.1 cm³/mol. The van der Waals surface area contributed by atoms with Crippen molar-refractivity contribution in [3.05, 3.63) is 29.8 Å². The molecule has 5 nitrogen and oxygen atoms in total. The van der Waals surface area contributed by atoms with Crippen LogP contribution in [0.25, 0.3) is 0 Å². The Balaban J connectivity index is 2.30. The van der Waals surface area contributed by atoms with Crippen molar-refractivity contribution in [2.24, 2.45) is 5.92 Å². The van der Waals surface area contributed by atoms with Gasteiger partial charge in [0.05, 0.1) is 18.3 Å². The number of hydrogen-bond donors (Lipinski definition) is 1. The molecule has 0 unspecified atom stereocenters. The van der Waals surface area contributed by atoms with E-state index in [9.17, 15) is 13.2 Å². The molecule has 1 aromatic carbocycles. The average molecular weight is 284 g/mol. The van der Waals surface area contributed by atoms with Crippen LogP contribution in [0, 0.1) is 5.92 Å². The summed E-state index contributed by atoms with van der Waals surface area (Å²) in [6.45, 7) is 1.54. The minimum absolute atomic E-state index is 0.0336. The molecule has 1 fully saturated rings. The van der Waals surface area contributed by atoms with Gasteiger partial charge in [-0.05, 0) is 17.7 Å². The number of carboxylic acids is 1. The van der Waals surface area contributed by atoms with Crippen molar-refractivity contribution in [2.75, 3.05) is 12.9 Å². The van der Waals surface area contributed by atoms with Crippen LogP contribution in [0.4, 0.5) is 0 Å². The minimum atomic E-state index is -3.34. The summed E-state index contributed by atoms with van der Waals surface area (Å²) in [5.74, 6) is -1.71. The van der Waals surface area contributed by atoms with Gasteiger partial charge in [-0.1, -0.05) is 19.1 Å². The van der Waals surface area contributed by atoms with Gasteiger partial charge in [-0.15, -0.1) is 0 Å². The molecular weight excluding hydrogens is 268 g/mol. The number of benzene rings is 1. The van der Waals surface area contributed by atoms with Crippen molar-refractivity contribution in [1.82, 2.24) is 0 Å². The number of sulfone groups is 1. The Morgan fingerprint density at radius 1 is 1.32 bits per heavy atom. The number of ether oxygens (including phenoxy) is 1. The number of methoxy groups -OCH3 is 1. The summed E-state index contributed by atoms with van der Waals surface area (Å²) in [7, 11) is -1.81. The van der Waals surface area contributed by atoms with Gasteiger partial charge in [-0.3, -0.25) is 4.79 Å². The Morgan fingerprint density at radius 3 is 2.32 bits per heavy atom. The van der Waals surface area contributed by atoms with Crippen molar-refractivity contribution in [3.63, 3.8) is 0 Å². The van der Waals surface area contributed by atoms with Crippen molar-refractivity contribution in [2.45, 2.75) is 18.1 Å². The lowest BCUT2D eigenvalue weighted by Crippen LogP contribution is -2.14. The highest BCUT2D eigenvalue weighted by Gasteiger charge is 2.62. The standard InChI is InChI=1S/C13H16O5S/c1-3-19(16,17)12-10(11(12)13(14)15)8-4-6-9(18-2)7-5-8/h4-7,10-12H,3H2,1-2H3,(H,14,15)/t10-,11-,12+/m0/s1. The fourth-order valence-corrected chi connectivity index (χ4v) is 4.24. The molecule has 0 radical (unpaired) electrons. The van der Waals surface area contributed by atoms with Crippen LogP contribution in [0.3, 0.4) is 0 Å². The van der Waals surface area contributed by atoms with Crippen LogP contribution < -0.4 is 4.74 Å². The maximum absolute atomic E-state index is 11.9. The molecule has 3 atom stereocenters. The lowest BCUT2D eigenvalue weighted by atomic mass is 10.1. The van der Waals surface area contributed by atoms with E-state index in [1.807, 2.05) is 0 Å². The highest BCUT2D eigenvalue weighted by atomic mass is 32.2. The molecule has 6 heteroatoms. The minimum Gasteiger partial charge on any atom is -0.497 e. The molecule has 0 heterocycles. The molecule has 1 saturated carbocycles. The van der Waals surface area contributed by atoms with E-state index >= 15 is 0 Å². The number of carbonyl (C=O) groups is 1. The number of hydrogen-bond acceptors (Lipinski definition) is 4. The Kier molecular flexibility index (Phi) is 3.54. The van der Waals surface area contributed by atoms with Crippen LogP contribution in [-0.4, -0.2) is 37.6 Å². The first-order valence-electron chi connectivity index (χ1n) is 6.00. The Morgan fingerprint density at radius 2 is 1.89 bits per heavy atom. The number of aliphatic carboxylic acids is 1. The van der Waals surface area contributed by atoms with E-state index in [4.69, 9.17) is 9.84 Å². The van der Waals surface area contributed by atoms with Crippen molar-refractivity contribution < 1.29 is 23.1 Å². The van der Waals surface area contributed by atoms with Gasteiger partial charge in [0, 0.05) is 11.7 Å². The van der Waals surface area contributed by atoms with E-state index in [0.29, 0.717) is 5.75 Å². The maximum atomic E-state index is 11.9. The molecule has 0 aromatic heterocycles. The second-order valence-electron chi connectivity index (χ2n) is 4.58. The molecule has 104 valence electrons. The topological polar surface area (TPSA) is 80.7 Å². The quantitative estimate of drug-likeness (QED) is 0.881. The van der Waals surface area contributed by atoms with Gasteiger partial charge in [-0.25, -0.2) is 8.42 Å². The van der Waals surface area contributed by atoms with E-state index in [1.54, 1.807) is 24.3 Å². The zero-order chi connectivity index (χ0) is 14.2. The molecule has 1 aliphatic carbocycles. The third-order valence-corrected chi connectivity index (χ3v) is 5.78. The number of rotatable bonds is 5.